The van der Waals surface area contributed by atoms with E-state index >= 15 is 0 Å². The van der Waals surface area contributed by atoms with Crippen molar-refractivity contribution < 1.29 is 5.11 Å². The van der Waals surface area contributed by atoms with Gasteiger partial charge in [0.2, 0.25) is 0 Å². The topological polar surface area (TPSA) is 46.0 Å². The van der Waals surface area contributed by atoms with Crippen LogP contribution in [0.2, 0.25) is 0 Å². The lowest BCUT2D eigenvalue weighted by Crippen LogP contribution is -2.21. The molecular weight excluding hydrogens is 232 g/mol. The van der Waals surface area contributed by atoms with E-state index in [9.17, 15) is 5.11 Å². The third-order valence-corrected chi connectivity index (χ3v) is 4.02. The fourth-order valence-corrected chi connectivity index (χ4v) is 2.51. The van der Waals surface area contributed by atoms with Crippen molar-refractivity contribution in [2.45, 2.75) is 26.2 Å². The van der Waals surface area contributed by atoms with Gasteiger partial charge in [0.15, 0.2) is 0 Å². The van der Waals surface area contributed by atoms with Crippen LogP contribution in [-0.4, -0.2) is 21.7 Å². The van der Waals surface area contributed by atoms with E-state index in [4.69, 9.17) is 0 Å². The van der Waals surface area contributed by atoms with E-state index in [2.05, 4.69) is 9.97 Å². The van der Waals surface area contributed by atoms with Crippen LogP contribution in [0.5, 0.6) is 0 Å². The van der Waals surface area contributed by atoms with E-state index < -0.39 is 0 Å². The Morgan fingerprint density at radius 2 is 2.12 bits per heavy atom. The van der Waals surface area contributed by atoms with Crippen molar-refractivity contribution in [1.29, 1.82) is 0 Å². The van der Waals surface area contributed by atoms with Crippen LogP contribution < -0.4 is 0 Å². The molecule has 1 N–H and O–H groups in total. The highest BCUT2D eigenvalue weighted by molar-refractivity contribution is 7.12. The molecule has 2 heterocycles. The Bertz CT molecular complexity index is 505. The first-order valence-electron chi connectivity index (χ1n) is 5.55. The van der Waals surface area contributed by atoms with Gasteiger partial charge in [-0.25, -0.2) is 4.98 Å². The van der Waals surface area contributed by atoms with Gasteiger partial charge in [0.05, 0.1) is 12.3 Å². The van der Waals surface area contributed by atoms with Crippen LogP contribution in [0, 0.1) is 6.92 Å². The number of thiazole rings is 1. The number of nitrogens with zero attached hydrogens (tertiary/aromatic N) is 2. The van der Waals surface area contributed by atoms with Crippen molar-refractivity contribution in [1.82, 2.24) is 9.97 Å². The molecule has 3 nitrogen and oxygen atoms in total. The van der Waals surface area contributed by atoms with Crippen LogP contribution >= 0.6 is 11.3 Å². The Morgan fingerprint density at radius 3 is 2.71 bits per heavy atom. The first-order chi connectivity index (χ1) is 8.04. The monoisotopic (exact) mass is 248 g/mol. The lowest BCUT2D eigenvalue weighted by atomic mass is 9.96. The predicted octanol–water partition coefficient (Wildman–Crippen LogP) is 2.78. The van der Waals surface area contributed by atoms with Crippen molar-refractivity contribution in [3.8, 4) is 11.4 Å². The molecule has 4 heteroatoms. The fraction of sp³-hybridized carbons (Fsp3) is 0.385. The zero-order valence-corrected chi connectivity index (χ0v) is 11.1. The summed E-state index contributed by atoms with van der Waals surface area (Å²) in [6, 6.07) is 5.81. The van der Waals surface area contributed by atoms with E-state index in [-0.39, 0.29) is 12.0 Å². The average molecular weight is 248 g/mol. The van der Waals surface area contributed by atoms with Gasteiger partial charge in [0.1, 0.15) is 10.7 Å². The lowest BCUT2D eigenvalue weighted by molar-refractivity contribution is 0.218. The first-order valence-corrected chi connectivity index (χ1v) is 6.36. The Morgan fingerprint density at radius 1 is 1.35 bits per heavy atom. The second kappa shape index (κ2) is 4.55. The molecule has 90 valence electrons. The Labute approximate surface area is 105 Å². The molecule has 0 bridgehead atoms. The molecule has 0 aliphatic heterocycles. The van der Waals surface area contributed by atoms with Crippen molar-refractivity contribution >= 4 is 11.3 Å². The Balaban J connectivity index is 2.45. The maximum absolute atomic E-state index is 9.37. The minimum atomic E-state index is -0.289. The maximum atomic E-state index is 9.37. The number of aromatic nitrogens is 2. The first kappa shape index (κ1) is 12.2. The quantitative estimate of drug-likeness (QED) is 0.908. The van der Waals surface area contributed by atoms with Crippen molar-refractivity contribution in [3.05, 3.63) is 34.3 Å². The van der Waals surface area contributed by atoms with Gasteiger partial charge < -0.3 is 5.11 Å². The van der Waals surface area contributed by atoms with Crippen molar-refractivity contribution in [3.63, 3.8) is 0 Å². The van der Waals surface area contributed by atoms with Gasteiger partial charge in [-0.2, -0.15) is 0 Å². The number of rotatable bonds is 3. The summed E-state index contributed by atoms with van der Waals surface area (Å²) in [7, 11) is 0. The van der Waals surface area contributed by atoms with Gasteiger partial charge >= 0.3 is 0 Å². The summed E-state index contributed by atoms with van der Waals surface area (Å²) in [5.41, 5.74) is 1.52. The van der Waals surface area contributed by atoms with Crippen LogP contribution in [-0.2, 0) is 5.41 Å². The molecule has 0 aromatic carbocycles. The third kappa shape index (κ3) is 2.37. The summed E-state index contributed by atoms with van der Waals surface area (Å²) >= 11 is 1.63. The fourth-order valence-electron chi connectivity index (χ4n) is 1.49. The van der Waals surface area contributed by atoms with Crippen molar-refractivity contribution in [2.24, 2.45) is 0 Å². The molecule has 2 aromatic rings. The molecule has 0 saturated heterocycles. The van der Waals surface area contributed by atoms with Crippen LogP contribution in [0.15, 0.2) is 24.4 Å². The molecule has 0 saturated carbocycles. The van der Waals surface area contributed by atoms with Crippen LogP contribution in [0.1, 0.15) is 23.7 Å². The minimum absolute atomic E-state index is 0.0988. The normalized spacial score (nSPS) is 11.8. The van der Waals surface area contributed by atoms with E-state index in [1.54, 1.807) is 17.5 Å². The van der Waals surface area contributed by atoms with Gasteiger partial charge in [0, 0.05) is 16.5 Å². The summed E-state index contributed by atoms with van der Waals surface area (Å²) in [6.07, 6.45) is 1.77. The minimum Gasteiger partial charge on any atom is -0.395 e. The van der Waals surface area contributed by atoms with E-state index in [1.165, 1.54) is 0 Å². The summed E-state index contributed by atoms with van der Waals surface area (Å²) in [4.78, 5) is 10.1. The molecule has 0 aliphatic carbocycles. The molecule has 0 atom stereocenters. The number of pyridine rings is 1. The average Bonchev–Trinajstić information content (AvgIpc) is 2.73. The van der Waals surface area contributed by atoms with Gasteiger partial charge in [-0.05, 0) is 19.1 Å². The molecule has 0 fully saturated rings. The summed E-state index contributed by atoms with van der Waals surface area (Å²) in [6.45, 7) is 6.13. The van der Waals surface area contributed by atoms with Crippen LogP contribution in [0.25, 0.3) is 11.4 Å². The van der Waals surface area contributed by atoms with Crippen LogP contribution in [0.4, 0.5) is 0 Å². The van der Waals surface area contributed by atoms with Crippen molar-refractivity contribution in [2.75, 3.05) is 6.61 Å². The third-order valence-electron chi connectivity index (χ3n) is 2.68. The number of aryl methyl sites for hydroxylation is 1. The second-order valence-electron chi connectivity index (χ2n) is 4.68. The zero-order valence-electron chi connectivity index (χ0n) is 10.3. The number of aliphatic hydroxyl groups excluding tert-OH is 1. The molecule has 0 aliphatic rings. The number of aliphatic hydroxyl groups is 1. The van der Waals surface area contributed by atoms with Gasteiger partial charge in [0.25, 0.3) is 0 Å². The Kier molecular flexibility index (Phi) is 3.26. The highest BCUT2D eigenvalue weighted by atomic mass is 32.1. The molecular formula is C13H16N2OS. The smallest absolute Gasteiger partial charge is 0.103 e. The van der Waals surface area contributed by atoms with E-state index in [0.29, 0.717) is 0 Å². The highest BCUT2D eigenvalue weighted by Crippen LogP contribution is 2.32. The molecule has 2 rings (SSSR count). The molecule has 0 unspecified atom stereocenters. The van der Waals surface area contributed by atoms with E-state index in [1.807, 2.05) is 39.0 Å². The molecule has 0 spiro atoms. The zero-order chi connectivity index (χ0) is 12.5. The Hall–Kier alpha value is -1.26. The van der Waals surface area contributed by atoms with Gasteiger partial charge in [-0.15, -0.1) is 11.3 Å². The largest absolute Gasteiger partial charge is 0.395 e. The molecule has 0 radical (unpaired) electrons. The number of hydrogen-bond donors (Lipinski definition) is 1. The second-order valence-corrected chi connectivity index (χ2v) is 5.88. The molecule has 0 amide bonds. The SMILES string of the molecule is Cc1sc(C(C)(C)CO)nc1-c1ccccn1. The molecule has 17 heavy (non-hydrogen) atoms. The van der Waals surface area contributed by atoms with Gasteiger partial charge in [-0.3, -0.25) is 4.98 Å². The summed E-state index contributed by atoms with van der Waals surface area (Å²) in [5.74, 6) is 0. The number of hydrogen-bond acceptors (Lipinski definition) is 4. The van der Waals surface area contributed by atoms with Crippen LogP contribution in [0.3, 0.4) is 0 Å². The molecule has 2 aromatic heterocycles. The predicted molar refractivity (Wildman–Crippen MR) is 70.2 cm³/mol. The summed E-state index contributed by atoms with van der Waals surface area (Å²) < 4.78 is 0. The highest BCUT2D eigenvalue weighted by Gasteiger charge is 2.25. The summed E-state index contributed by atoms with van der Waals surface area (Å²) in [5, 5.41) is 10.3. The standard InChI is InChI=1S/C13H16N2OS/c1-9-11(10-6-4-5-7-14-10)15-12(17-9)13(2,3)8-16/h4-7,16H,8H2,1-3H3. The maximum Gasteiger partial charge on any atom is 0.103 e. The van der Waals surface area contributed by atoms with Gasteiger partial charge in [-0.1, -0.05) is 19.9 Å². The van der Waals surface area contributed by atoms with E-state index in [0.717, 1.165) is 21.3 Å². The lowest BCUT2D eigenvalue weighted by Gasteiger charge is -2.17.